The molecule has 176 valence electrons. The van der Waals surface area contributed by atoms with E-state index in [0.717, 1.165) is 22.8 Å². The summed E-state index contributed by atoms with van der Waals surface area (Å²) in [5.41, 5.74) is 3.43. The van der Waals surface area contributed by atoms with Crippen molar-refractivity contribution in [3.05, 3.63) is 64.7 Å². The summed E-state index contributed by atoms with van der Waals surface area (Å²) in [6.45, 7) is 9.09. The number of hydrazone groups is 1. The molecule has 0 aliphatic carbocycles. The van der Waals surface area contributed by atoms with Crippen LogP contribution >= 0.6 is 11.8 Å². The highest BCUT2D eigenvalue weighted by Crippen LogP contribution is 2.31. The number of hydrogen-bond acceptors (Lipinski definition) is 6. The van der Waals surface area contributed by atoms with Crippen LogP contribution in [0.15, 0.2) is 58.1 Å². The van der Waals surface area contributed by atoms with Crippen LogP contribution in [0.1, 0.15) is 37.5 Å². The molecule has 7 nitrogen and oxygen atoms in total. The molecule has 0 saturated heterocycles. The number of fused-ring (bicyclic) bond motifs is 1. The minimum Gasteiger partial charge on any atom is -0.490 e. The first kappa shape index (κ1) is 23.8. The summed E-state index contributed by atoms with van der Waals surface area (Å²) < 4.78 is 11.6. The molecule has 0 atom stereocenters. The number of carbonyl (C=O) groups is 1. The zero-order valence-electron chi connectivity index (χ0n) is 19.8. The summed E-state index contributed by atoms with van der Waals surface area (Å²) in [6, 6.07) is 13.6. The summed E-state index contributed by atoms with van der Waals surface area (Å²) in [5, 5.41) is 15.6. The van der Waals surface area contributed by atoms with Gasteiger partial charge in [-0.25, -0.2) is 0 Å². The minimum absolute atomic E-state index is 0.0398. The van der Waals surface area contributed by atoms with Crippen LogP contribution in [0.5, 0.6) is 11.5 Å². The second kappa shape index (κ2) is 10.3. The van der Waals surface area contributed by atoms with E-state index in [0.29, 0.717) is 24.1 Å². The van der Waals surface area contributed by atoms with Crippen molar-refractivity contribution < 1.29 is 14.3 Å². The number of benzene rings is 2. The first-order valence-corrected chi connectivity index (χ1v) is 12.1. The molecule has 2 aromatic carbocycles. The smallest absolute Gasteiger partial charge is 0.283 e. The molecule has 2 aromatic rings. The van der Waals surface area contributed by atoms with Gasteiger partial charge in [0.1, 0.15) is 29.8 Å². The van der Waals surface area contributed by atoms with Crippen LogP contribution in [0.2, 0.25) is 0 Å². The predicted molar refractivity (Wildman–Crippen MR) is 138 cm³/mol. The molecule has 0 unspecified atom stereocenters. The summed E-state index contributed by atoms with van der Waals surface area (Å²) in [5.74, 6) is 1.38. The number of thioether (sulfide) groups is 1. The van der Waals surface area contributed by atoms with E-state index in [4.69, 9.17) is 14.9 Å². The fourth-order valence-corrected chi connectivity index (χ4v) is 4.39. The highest BCUT2D eigenvalue weighted by atomic mass is 32.2. The quantitative estimate of drug-likeness (QED) is 0.413. The summed E-state index contributed by atoms with van der Waals surface area (Å²) in [4.78, 5) is 16.6. The Balaban J connectivity index is 1.35. The minimum atomic E-state index is -0.427. The van der Waals surface area contributed by atoms with E-state index in [-0.39, 0.29) is 17.3 Å². The van der Waals surface area contributed by atoms with Gasteiger partial charge in [-0.05, 0) is 72.1 Å². The average Bonchev–Trinajstić information content (AvgIpc) is 3.24. The number of aliphatic imine (C=N–C) groups is 1. The van der Waals surface area contributed by atoms with Crippen molar-refractivity contribution in [2.75, 3.05) is 13.2 Å². The molecule has 8 heteroatoms. The van der Waals surface area contributed by atoms with Gasteiger partial charge >= 0.3 is 0 Å². The molecule has 0 spiro atoms. The Kier molecular flexibility index (Phi) is 7.17. The first-order chi connectivity index (χ1) is 16.3. The van der Waals surface area contributed by atoms with Gasteiger partial charge in [-0.2, -0.15) is 15.1 Å². The Labute approximate surface area is 204 Å². The molecule has 0 radical (unpaired) electrons. The van der Waals surface area contributed by atoms with Crippen molar-refractivity contribution in [3.63, 3.8) is 0 Å². The van der Waals surface area contributed by atoms with E-state index in [1.165, 1.54) is 27.9 Å². The molecular weight excluding hydrogens is 448 g/mol. The maximum Gasteiger partial charge on any atom is 0.283 e. The van der Waals surface area contributed by atoms with Gasteiger partial charge in [0.2, 0.25) is 5.17 Å². The van der Waals surface area contributed by atoms with E-state index in [2.05, 4.69) is 36.1 Å². The van der Waals surface area contributed by atoms with Crippen molar-refractivity contribution in [1.29, 1.82) is 5.41 Å². The number of aryl methyl sites for hydroxylation is 2. The lowest BCUT2D eigenvalue weighted by Crippen LogP contribution is -2.35. The van der Waals surface area contributed by atoms with Crippen molar-refractivity contribution in [2.24, 2.45) is 16.0 Å². The number of amidine groups is 2. The van der Waals surface area contributed by atoms with Crippen LogP contribution in [0.4, 0.5) is 0 Å². The Morgan fingerprint density at radius 3 is 2.47 bits per heavy atom. The normalized spacial score (nSPS) is 16.6. The number of ether oxygens (including phenoxy) is 2. The molecular formula is C26H28N4O3S. The fraction of sp³-hybridized carbons (Fsp3) is 0.308. The van der Waals surface area contributed by atoms with Crippen LogP contribution in [-0.4, -0.2) is 40.2 Å². The molecule has 0 fully saturated rings. The Morgan fingerprint density at radius 2 is 1.79 bits per heavy atom. The van der Waals surface area contributed by atoms with Crippen LogP contribution in [0.3, 0.4) is 0 Å². The molecule has 34 heavy (non-hydrogen) atoms. The van der Waals surface area contributed by atoms with Crippen molar-refractivity contribution in [2.45, 2.75) is 34.1 Å². The third kappa shape index (κ3) is 5.39. The van der Waals surface area contributed by atoms with Crippen LogP contribution in [-0.2, 0) is 11.2 Å². The van der Waals surface area contributed by atoms with Gasteiger partial charge in [-0.3, -0.25) is 10.2 Å². The number of nitrogens with zero attached hydrogens (tertiary/aromatic N) is 3. The van der Waals surface area contributed by atoms with Crippen LogP contribution in [0.25, 0.3) is 6.08 Å². The first-order valence-electron chi connectivity index (χ1n) is 11.3. The van der Waals surface area contributed by atoms with Crippen LogP contribution in [0, 0.1) is 18.3 Å². The van der Waals surface area contributed by atoms with E-state index < -0.39 is 5.91 Å². The van der Waals surface area contributed by atoms with Gasteiger partial charge in [-0.1, -0.05) is 39.0 Å². The lowest BCUT2D eigenvalue weighted by atomic mass is 10.1. The van der Waals surface area contributed by atoms with E-state index >= 15 is 0 Å². The predicted octanol–water partition coefficient (Wildman–Crippen LogP) is 5.29. The van der Waals surface area contributed by atoms with Crippen molar-refractivity contribution in [1.82, 2.24) is 5.01 Å². The third-order valence-electron chi connectivity index (χ3n) is 5.29. The number of hydrogen-bond donors (Lipinski definition) is 1. The third-order valence-corrected chi connectivity index (χ3v) is 6.50. The van der Waals surface area contributed by atoms with E-state index in [1.807, 2.05) is 44.2 Å². The zero-order valence-corrected chi connectivity index (χ0v) is 20.6. The topological polar surface area (TPSA) is 87.3 Å². The van der Waals surface area contributed by atoms with Crippen LogP contribution < -0.4 is 9.47 Å². The van der Waals surface area contributed by atoms with Gasteiger partial charge in [0.05, 0.1) is 5.57 Å². The maximum atomic E-state index is 12.5. The molecule has 1 amide bonds. The van der Waals surface area contributed by atoms with Gasteiger partial charge in [0.25, 0.3) is 5.91 Å². The molecule has 0 aromatic heterocycles. The van der Waals surface area contributed by atoms with Gasteiger partial charge in [0.15, 0.2) is 5.84 Å². The number of nitrogens with one attached hydrogen (secondary N) is 1. The average molecular weight is 477 g/mol. The highest BCUT2D eigenvalue weighted by molar-refractivity contribution is 8.27. The lowest BCUT2D eigenvalue weighted by Gasteiger charge is -2.20. The Bertz CT molecular complexity index is 1200. The number of amides is 1. The van der Waals surface area contributed by atoms with Gasteiger partial charge in [-0.15, -0.1) is 0 Å². The summed E-state index contributed by atoms with van der Waals surface area (Å²) in [6.07, 6.45) is 2.63. The monoisotopic (exact) mass is 476 g/mol. The number of carbonyl (C=O) groups excluding carboxylic acids is 1. The standard InChI is InChI=1S/C26H28N4O3S/c1-5-18-12-17(4)13-21(14-18)33-11-10-32-20-8-6-19(7-9-20)15-22-23(27)30-26(28-24(22)31)34-25(29-30)16(2)3/h6-9,12-16,27H,5,10-11H2,1-4H3. The Morgan fingerprint density at radius 1 is 1.09 bits per heavy atom. The Hall–Kier alpha value is -3.39. The number of rotatable bonds is 8. The molecule has 2 aliphatic rings. The lowest BCUT2D eigenvalue weighted by molar-refractivity contribution is -0.114. The fourth-order valence-electron chi connectivity index (χ4n) is 3.50. The highest BCUT2D eigenvalue weighted by Gasteiger charge is 2.36. The molecule has 2 aliphatic heterocycles. The van der Waals surface area contributed by atoms with Crippen molar-refractivity contribution >= 4 is 39.8 Å². The molecule has 4 rings (SSSR count). The molecule has 2 heterocycles. The SMILES string of the molecule is CCc1cc(C)cc(OCCOc2ccc(C=C3C(=N)N4N=C(C(C)C)SC4=NC3=O)cc2)c1. The molecule has 0 bridgehead atoms. The van der Waals surface area contributed by atoms with Crippen molar-refractivity contribution in [3.8, 4) is 11.5 Å². The second-order valence-corrected chi connectivity index (χ2v) is 9.37. The largest absolute Gasteiger partial charge is 0.490 e. The summed E-state index contributed by atoms with van der Waals surface area (Å²) >= 11 is 1.34. The van der Waals surface area contributed by atoms with E-state index in [9.17, 15) is 4.79 Å². The van der Waals surface area contributed by atoms with Gasteiger partial charge < -0.3 is 9.47 Å². The molecule has 0 saturated carbocycles. The van der Waals surface area contributed by atoms with Gasteiger partial charge in [0, 0.05) is 5.92 Å². The zero-order chi connectivity index (χ0) is 24.2. The molecule has 1 N–H and O–H groups in total. The maximum absolute atomic E-state index is 12.5. The van der Waals surface area contributed by atoms with E-state index in [1.54, 1.807) is 6.08 Å². The summed E-state index contributed by atoms with van der Waals surface area (Å²) in [7, 11) is 0. The second-order valence-electron chi connectivity index (χ2n) is 8.39.